The van der Waals surface area contributed by atoms with E-state index in [0.717, 1.165) is 18.5 Å². The smallest absolute Gasteiger partial charge is 0.293 e. The molecule has 1 N–H and O–H groups in total. The van der Waals surface area contributed by atoms with Crippen LogP contribution in [0.4, 0.5) is 22.7 Å². The van der Waals surface area contributed by atoms with Crippen molar-refractivity contribution in [2.24, 2.45) is 0 Å². The monoisotopic (exact) mass is 411 g/mol. The van der Waals surface area contributed by atoms with Crippen molar-refractivity contribution in [2.45, 2.75) is 18.9 Å². The molecule has 0 radical (unpaired) electrons. The van der Waals surface area contributed by atoms with E-state index in [9.17, 15) is 25.0 Å². The third-order valence-corrected chi connectivity index (χ3v) is 5.37. The van der Waals surface area contributed by atoms with E-state index >= 15 is 0 Å². The number of piperazine rings is 1. The molecule has 2 aliphatic rings. The van der Waals surface area contributed by atoms with Crippen molar-refractivity contribution in [3.63, 3.8) is 0 Å². The molecule has 1 saturated carbocycles. The number of hydrogen-bond donors (Lipinski definition) is 1. The van der Waals surface area contributed by atoms with Gasteiger partial charge in [0.1, 0.15) is 5.69 Å². The summed E-state index contributed by atoms with van der Waals surface area (Å²) in [5.41, 5.74) is 1.55. The van der Waals surface area contributed by atoms with Crippen LogP contribution < -0.4 is 10.2 Å². The molecule has 1 heterocycles. The largest absolute Gasteiger partial charge is 0.377 e. The van der Waals surface area contributed by atoms with E-state index in [4.69, 9.17) is 0 Å². The highest BCUT2D eigenvalue weighted by Crippen LogP contribution is 2.32. The highest BCUT2D eigenvalue weighted by Gasteiger charge is 2.27. The second-order valence-electron chi connectivity index (χ2n) is 7.46. The number of nitro benzene ring substituents is 2. The quantitative estimate of drug-likeness (QED) is 0.573. The van der Waals surface area contributed by atoms with Gasteiger partial charge in [0.2, 0.25) is 0 Å². The third-order valence-electron chi connectivity index (χ3n) is 5.37. The Morgan fingerprint density at radius 1 is 0.933 bits per heavy atom. The van der Waals surface area contributed by atoms with Crippen LogP contribution in [-0.2, 0) is 0 Å². The van der Waals surface area contributed by atoms with E-state index in [2.05, 4.69) is 10.2 Å². The van der Waals surface area contributed by atoms with Crippen LogP contribution in [0.5, 0.6) is 0 Å². The van der Waals surface area contributed by atoms with E-state index in [1.54, 1.807) is 29.2 Å². The van der Waals surface area contributed by atoms with Gasteiger partial charge in [-0.3, -0.25) is 25.0 Å². The second-order valence-corrected chi connectivity index (χ2v) is 7.46. The van der Waals surface area contributed by atoms with Crippen LogP contribution in [0.2, 0.25) is 0 Å². The fourth-order valence-electron chi connectivity index (χ4n) is 3.52. The Bertz CT molecular complexity index is 982. The maximum absolute atomic E-state index is 12.9. The molecule has 2 fully saturated rings. The van der Waals surface area contributed by atoms with Gasteiger partial charge in [0.05, 0.1) is 9.85 Å². The van der Waals surface area contributed by atoms with Crippen LogP contribution in [0.25, 0.3) is 0 Å². The molecule has 156 valence electrons. The molecule has 2 aromatic carbocycles. The number of anilines is 2. The number of hydrogen-bond acceptors (Lipinski definition) is 7. The van der Waals surface area contributed by atoms with Gasteiger partial charge in [0.25, 0.3) is 17.3 Å². The third kappa shape index (κ3) is 4.17. The van der Waals surface area contributed by atoms with E-state index in [0.29, 0.717) is 37.4 Å². The zero-order valence-corrected chi connectivity index (χ0v) is 16.2. The average molecular weight is 411 g/mol. The Kier molecular flexibility index (Phi) is 5.21. The van der Waals surface area contributed by atoms with Gasteiger partial charge in [-0.25, -0.2) is 0 Å². The molecule has 1 saturated heterocycles. The molecule has 0 unspecified atom stereocenters. The van der Waals surface area contributed by atoms with Crippen LogP contribution in [0, 0.1) is 20.2 Å². The van der Waals surface area contributed by atoms with Crippen molar-refractivity contribution < 1.29 is 14.6 Å². The molecule has 2 aromatic rings. The van der Waals surface area contributed by atoms with Crippen LogP contribution in [0.3, 0.4) is 0 Å². The molecule has 1 aliphatic carbocycles. The van der Waals surface area contributed by atoms with Crippen molar-refractivity contribution >= 4 is 28.7 Å². The van der Waals surface area contributed by atoms with Crippen LogP contribution >= 0.6 is 0 Å². The summed E-state index contributed by atoms with van der Waals surface area (Å²) in [5, 5.41) is 25.3. The number of nitrogens with zero attached hydrogens (tertiary/aromatic N) is 4. The number of non-ortho nitro benzene ring substituents is 1. The lowest BCUT2D eigenvalue weighted by atomic mass is 10.1. The SMILES string of the molecule is O=C(c1ccc(NC2CC2)c([N+](=O)[O-])c1)N1CCN(c2ccc([N+](=O)[O-])cc2)CC1. The molecule has 10 nitrogen and oxygen atoms in total. The first-order valence-electron chi connectivity index (χ1n) is 9.76. The minimum atomic E-state index is -0.464. The highest BCUT2D eigenvalue weighted by atomic mass is 16.6. The van der Waals surface area contributed by atoms with Gasteiger partial charge in [-0.05, 0) is 37.1 Å². The lowest BCUT2D eigenvalue weighted by Gasteiger charge is -2.36. The lowest BCUT2D eigenvalue weighted by molar-refractivity contribution is -0.384. The van der Waals surface area contributed by atoms with Gasteiger partial charge in [-0.2, -0.15) is 0 Å². The van der Waals surface area contributed by atoms with Crippen molar-refractivity contribution in [1.29, 1.82) is 0 Å². The van der Waals surface area contributed by atoms with E-state index in [1.807, 2.05) is 0 Å². The van der Waals surface area contributed by atoms with Crippen molar-refractivity contribution in [3.8, 4) is 0 Å². The normalized spacial score (nSPS) is 16.3. The molecule has 0 spiro atoms. The Labute approximate surface area is 172 Å². The number of carbonyl (C=O) groups excluding carboxylic acids is 1. The minimum Gasteiger partial charge on any atom is -0.377 e. The Morgan fingerprint density at radius 3 is 2.17 bits per heavy atom. The van der Waals surface area contributed by atoms with Crippen LogP contribution in [0.15, 0.2) is 42.5 Å². The van der Waals surface area contributed by atoms with E-state index in [-0.39, 0.29) is 23.3 Å². The van der Waals surface area contributed by atoms with Crippen molar-refractivity contribution in [1.82, 2.24) is 4.90 Å². The Hall–Kier alpha value is -3.69. The maximum Gasteiger partial charge on any atom is 0.293 e. The van der Waals surface area contributed by atoms with Crippen LogP contribution in [0.1, 0.15) is 23.2 Å². The zero-order valence-electron chi connectivity index (χ0n) is 16.2. The topological polar surface area (TPSA) is 122 Å². The molecule has 30 heavy (non-hydrogen) atoms. The number of benzene rings is 2. The number of rotatable bonds is 6. The second kappa shape index (κ2) is 7.97. The lowest BCUT2D eigenvalue weighted by Crippen LogP contribution is -2.48. The van der Waals surface area contributed by atoms with Gasteiger partial charge in [-0.1, -0.05) is 0 Å². The molecule has 0 atom stereocenters. The van der Waals surface area contributed by atoms with E-state index in [1.165, 1.54) is 18.2 Å². The average Bonchev–Trinajstić information content (AvgIpc) is 3.57. The molecular weight excluding hydrogens is 390 g/mol. The van der Waals surface area contributed by atoms with Gasteiger partial charge in [0.15, 0.2) is 0 Å². The predicted octanol–water partition coefficient (Wildman–Crippen LogP) is 3.04. The molecular formula is C20H21N5O5. The zero-order chi connectivity index (χ0) is 21.3. The number of amides is 1. The molecule has 1 amide bonds. The fraction of sp³-hybridized carbons (Fsp3) is 0.350. The fourth-order valence-corrected chi connectivity index (χ4v) is 3.52. The maximum atomic E-state index is 12.9. The molecule has 0 aromatic heterocycles. The number of carbonyl (C=O) groups is 1. The molecule has 0 bridgehead atoms. The summed E-state index contributed by atoms with van der Waals surface area (Å²) in [4.78, 5) is 37.9. The molecule has 1 aliphatic heterocycles. The predicted molar refractivity (Wildman–Crippen MR) is 111 cm³/mol. The van der Waals surface area contributed by atoms with Crippen molar-refractivity contribution in [2.75, 3.05) is 36.4 Å². The van der Waals surface area contributed by atoms with Gasteiger partial charge < -0.3 is 15.1 Å². The summed E-state index contributed by atoms with van der Waals surface area (Å²) in [5.74, 6) is -0.237. The summed E-state index contributed by atoms with van der Waals surface area (Å²) in [6, 6.07) is 11.2. The first kappa shape index (κ1) is 19.6. The van der Waals surface area contributed by atoms with E-state index < -0.39 is 9.85 Å². The number of nitro groups is 2. The first-order chi connectivity index (χ1) is 14.4. The minimum absolute atomic E-state index is 0.0359. The molecule has 4 rings (SSSR count). The highest BCUT2D eigenvalue weighted by molar-refractivity contribution is 5.96. The van der Waals surface area contributed by atoms with Crippen LogP contribution in [-0.4, -0.2) is 52.9 Å². The summed E-state index contributed by atoms with van der Waals surface area (Å²) in [7, 11) is 0. The Morgan fingerprint density at radius 2 is 1.60 bits per heavy atom. The van der Waals surface area contributed by atoms with Gasteiger partial charge in [0, 0.05) is 61.7 Å². The summed E-state index contributed by atoms with van der Waals surface area (Å²) >= 11 is 0. The summed E-state index contributed by atoms with van der Waals surface area (Å²) < 4.78 is 0. The Balaban J connectivity index is 1.42. The van der Waals surface area contributed by atoms with Crippen molar-refractivity contribution in [3.05, 3.63) is 68.3 Å². The standard InChI is InChI=1S/C20H21N5O5/c26-20(14-1-8-18(21-15-2-3-15)19(13-14)25(29)30)23-11-9-22(10-12-23)16-4-6-17(7-5-16)24(27)28/h1,4-8,13,15,21H,2-3,9-12H2. The van der Waals surface area contributed by atoms with Gasteiger partial charge in [-0.15, -0.1) is 0 Å². The first-order valence-corrected chi connectivity index (χ1v) is 9.76. The summed E-state index contributed by atoms with van der Waals surface area (Å²) in [6.45, 7) is 2.08. The van der Waals surface area contributed by atoms with Gasteiger partial charge >= 0.3 is 0 Å². The molecule has 10 heteroatoms. The summed E-state index contributed by atoms with van der Waals surface area (Å²) in [6.07, 6.45) is 1.99. The number of nitrogens with one attached hydrogen (secondary N) is 1.